The van der Waals surface area contributed by atoms with E-state index in [0.717, 1.165) is 29.1 Å². The van der Waals surface area contributed by atoms with Crippen molar-refractivity contribution in [2.24, 2.45) is 0 Å². The van der Waals surface area contributed by atoms with Crippen LogP contribution >= 0.6 is 23.4 Å². The second-order valence-corrected chi connectivity index (χ2v) is 9.33. The molecule has 2 aromatic heterocycles. The molecule has 4 rings (SSSR count). The highest BCUT2D eigenvalue weighted by atomic mass is 35.5. The maximum absolute atomic E-state index is 13.1. The summed E-state index contributed by atoms with van der Waals surface area (Å²) < 4.78 is 42.6. The van der Waals surface area contributed by atoms with Gasteiger partial charge >= 0.3 is 6.36 Å². The molecular formula is C24H20ClF3N6O2S. The number of hydrogen-bond donors (Lipinski definition) is 1. The maximum Gasteiger partial charge on any atom is 0.573 e. The zero-order chi connectivity index (χ0) is 26.7. The maximum atomic E-state index is 13.1. The zero-order valence-corrected chi connectivity index (χ0v) is 21.4. The number of rotatable bonds is 7. The van der Waals surface area contributed by atoms with Gasteiger partial charge < -0.3 is 10.1 Å². The summed E-state index contributed by atoms with van der Waals surface area (Å²) in [5, 5.41) is 11.9. The molecule has 13 heteroatoms. The molecule has 8 nitrogen and oxygen atoms in total. The Bertz CT molecular complexity index is 1420. The van der Waals surface area contributed by atoms with Crippen LogP contribution in [0.25, 0.3) is 5.69 Å². The van der Waals surface area contributed by atoms with Crippen LogP contribution in [0.5, 0.6) is 5.75 Å². The standard InChI is InChI=1S/C24H20ClF3N6O2S/c1-13-4-7-17(11-19(13)25)34-20(12-37-23-29-14(2)10-15(3)30-23)21(32-33-34)22(35)31-16-5-8-18(9-6-16)36-24(26,27)28/h4-11H,12H2,1-3H3,(H,31,35). The normalized spacial score (nSPS) is 11.4. The van der Waals surface area contributed by atoms with Crippen molar-refractivity contribution in [3.8, 4) is 11.4 Å². The van der Waals surface area contributed by atoms with Crippen LogP contribution in [0.4, 0.5) is 18.9 Å². The number of halogens is 4. The third kappa shape index (κ3) is 6.77. The fourth-order valence-corrected chi connectivity index (χ4v) is 4.47. The number of carbonyl (C=O) groups excluding carboxylic acids is 1. The van der Waals surface area contributed by atoms with Crippen molar-refractivity contribution >= 4 is 35.0 Å². The first kappa shape index (κ1) is 26.4. The minimum Gasteiger partial charge on any atom is -0.406 e. The lowest BCUT2D eigenvalue weighted by Crippen LogP contribution is -2.17. The largest absolute Gasteiger partial charge is 0.573 e. The summed E-state index contributed by atoms with van der Waals surface area (Å²) in [7, 11) is 0. The third-order valence-electron chi connectivity index (χ3n) is 5.02. The molecule has 0 aliphatic carbocycles. The van der Waals surface area contributed by atoms with Gasteiger partial charge in [0.15, 0.2) is 10.9 Å². The molecule has 0 saturated heterocycles. The van der Waals surface area contributed by atoms with E-state index in [9.17, 15) is 18.0 Å². The van der Waals surface area contributed by atoms with Crippen LogP contribution in [-0.4, -0.2) is 37.2 Å². The lowest BCUT2D eigenvalue weighted by Gasteiger charge is -2.11. The van der Waals surface area contributed by atoms with Gasteiger partial charge in [0.25, 0.3) is 5.91 Å². The summed E-state index contributed by atoms with van der Waals surface area (Å²) in [6.07, 6.45) is -4.81. The Morgan fingerprint density at radius 2 is 1.73 bits per heavy atom. The van der Waals surface area contributed by atoms with Crippen molar-refractivity contribution in [1.82, 2.24) is 25.0 Å². The lowest BCUT2D eigenvalue weighted by atomic mass is 10.2. The quantitative estimate of drug-likeness (QED) is 0.221. The predicted molar refractivity (Wildman–Crippen MR) is 133 cm³/mol. The first-order valence-corrected chi connectivity index (χ1v) is 12.2. The highest BCUT2D eigenvalue weighted by molar-refractivity contribution is 7.98. The molecule has 192 valence electrons. The van der Waals surface area contributed by atoms with Gasteiger partial charge in [-0.05, 0) is 68.8 Å². The van der Waals surface area contributed by atoms with Crippen LogP contribution in [0, 0.1) is 20.8 Å². The van der Waals surface area contributed by atoms with Crippen LogP contribution in [-0.2, 0) is 5.75 Å². The average Bonchev–Trinajstić information content (AvgIpc) is 3.23. The number of aryl methyl sites for hydroxylation is 3. The van der Waals surface area contributed by atoms with E-state index in [0.29, 0.717) is 21.6 Å². The van der Waals surface area contributed by atoms with E-state index in [1.807, 2.05) is 32.9 Å². The summed E-state index contributed by atoms with van der Waals surface area (Å²) in [5.41, 5.74) is 3.84. The third-order valence-corrected chi connectivity index (χ3v) is 6.29. The molecule has 0 aliphatic heterocycles. The summed E-state index contributed by atoms with van der Waals surface area (Å²) in [4.78, 5) is 22.0. The monoisotopic (exact) mass is 548 g/mol. The number of alkyl halides is 3. The number of nitrogens with one attached hydrogen (secondary N) is 1. The van der Waals surface area contributed by atoms with Gasteiger partial charge in [-0.1, -0.05) is 34.6 Å². The number of amides is 1. The number of nitrogens with zero attached hydrogens (tertiary/aromatic N) is 5. The molecule has 1 N–H and O–H groups in total. The van der Waals surface area contributed by atoms with Gasteiger partial charge in [0.2, 0.25) is 0 Å². The molecule has 1 amide bonds. The van der Waals surface area contributed by atoms with Gasteiger partial charge in [0.1, 0.15) is 5.75 Å². The summed E-state index contributed by atoms with van der Waals surface area (Å²) in [5.74, 6) is -0.744. The Kier molecular flexibility index (Phi) is 7.69. The lowest BCUT2D eigenvalue weighted by molar-refractivity contribution is -0.274. The smallest absolute Gasteiger partial charge is 0.406 e. The number of aromatic nitrogens is 5. The second-order valence-electron chi connectivity index (χ2n) is 7.98. The second kappa shape index (κ2) is 10.8. The van der Waals surface area contributed by atoms with E-state index >= 15 is 0 Å². The first-order chi connectivity index (χ1) is 17.5. The zero-order valence-electron chi connectivity index (χ0n) is 19.8. The van der Waals surface area contributed by atoms with Crippen LogP contribution in [0.1, 0.15) is 33.1 Å². The molecule has 0 atom stereocenters. The van der Waals surface area contributed by atoms with Crippen molar-refractivity contribution in [3.05, 3.63) is 81.9 Å². The Morgan fingerprint density at radius 3 is 2.35 bits per heavy atom. The molecule has 0 fully saturated rings. The van der Waals surface area contributed by atoms with Crippen molar-refractivity contribution < 1.29 is 22.7 Å². The minimum absolute atomic E-state index is 0.0317. The van der Waals surface area contributed by atoms with Crippen LogP contribution < -0.4 is 10.1 Å². The molecule has 0 aliphatic rings. The van der Waals surface area contributed by atoms with E-state index in [2.05, 4.69) is 30.3 Å². The fourth-order valence-electron chi connectivity index (χ4n) is 3.35. The van der Waals surface area contributed by atoms with Gasteiger partial charge in [-0.3, -0.25) is 4.79 Å². The molecule has 0 radical (unpaired) electrons. The summed E-state index contributed by atoms with van der Waals surface area (Å²) in [6, 6.07) is 12.0. The molecule has 2 heterocycles. The SMILES string of the molecule is Cc1cc(C)nc(SCc2c(C(=O)Nc3ccc(OC(F)(F)F)cc3)nnn2-c2ccc(C)c(Cl)c2)n1. The molecule has 37 heavy (non-hydrogen) atoms. The molecule has 0 saturated carbocycles. The minimum atomic E-state index is -4.81. The number of carbonyl (C=O) groups is 1. The molecular weight excluding hydrogens is 529 g/mol. The number of benzene rings is 2. The Morgan fingerprint density at radius 1 is 1.05 bits per heavy atom. The van der Waals surface area contributed by atoms with Crippen molar-refractivity contribution in [3.63, 3.8) is 0 Å². The average molecular weight is 549 g/mol. The Balaban J connectivity index is 1.63. The van der Waals surface area contributed by atoms with Gasteiger partial charge in [-0.25, -0.2) is 14.6 Å². The number of anilines is 1. The van der Waals surface area contributed by atoms with Gasteiger partial charge in [-0.2, -0.15) is 0 Å². The highest BCUT2D eigenvalue weighted by Crippen LogP contribution is 2.27. The predicted octanol–water partition coefficient (Wildman–Crippen LogP) is 6.08. The molecule has 0 bridgehead atoms. The fraction of sp³-hybridized carbons (Fsp3) is 0.208. The Hall–Kier alpha value is -3.64. The Labute approximate surface area is 219 Å². The van der Waals surface area contributed by atoms with Crippen LogP contribution in [0.2, 0.25) is 5.02 Å². The van der Waals surface area contributed by atoms with Crippen molar-refractivity contribution in [1.29, 1.82) is 0 Å². The number of hydrogen-bond acceptors (Lipinski definition) is 7. The van der Waals surface area contributed by atoms with Crippen LogP contribution in [0.3, 0.4) is 0 Å². The van der Waals surface area contributed by atoms with E-state index in [1.54, 1.807) is 12.1 Å². The van der Waals surface area contributed by atoms with Gasteiger partial charge in [0, 0.05) is 27.9 Å². The topological polar surface area (TPSA) is 94.8 Å². The first-order valence-electron chi connectivity index (χ1n) is 10.8. The van der Waals surface area contributed by atoms with Crippen LogP contribution in [0.15, 0.2) is 53.7 Å². The summed E-state index contributed by atoms with van der Waals surface area (Å²) >= 11 is 7.62. The molecule has 0 spiro atoms. The van der Waals surface area contributed by atoms with Crippen molar-refractivity contribution in [2.45, 2.75) is 38.0 Å². The highest BCUT2D eigenvalue weighted by Gasteiger charge is 2.31. The molecule has 2 aromatic carbocycles. The van der Waals surface area contributed by atoms with Gasteiger partial charge in [-0.15, -0.1) is 18.3 Å². The van der Waals surface area contributed by atoms with E-state index in [-0.39, 0.29) is 17.1 Å². The number of ether oxygens (including phenoxy) is 1. The van der Waals surface area contributed by atoms with E-state index in [4.69, 9.17) is 11.6 Å². The molecule has 0 unspecified atom stereocenters. The molecule has 4 aromatic rings. The van der Waals surface area contributed by atoms with E-state index < -0.39 is 18.0 Å². The number of thioether (sulfide) groups is 1. The van der Waals surface area contributed by atoms with E-state index in [1.165, 1.54) is 28.6 Å². The van der Waals surface area contributed by atoms with Gasteiger partial charge in [0.05, 0.1) is 11.4 Å². The van der Waals surface area contributed by atoms with Crippen molar-refractivity contribution in [2.75, 3.05) is 5.32 Å². The summed E-state index contributed by atoms with van der Waals surface area (Å²) in [6.45, 7) is 5.59.